The maximum atomic E-state index is 5.87. The molecule has 15 heavy (non-hydrogen) atoms. The van der Waals surface area contributed by atoms with E-state index in [0.29, 0.717) is 18.0 Å². The third-order valence-corrected chi connectivity index (χ3v) is 3.20. The predicted octanol–water partition coefficient (Wildman–Crippen LogP) is 1.03. The first kappa shape index (κ1) is 8.97. The van der Waals surface area contributed by atoms with Crippen molar-refractivity contribution in [3.05, 3.63) is 18.3 Å². The standard InChI is InChI=1S/C11H15N3O/c12-11-10(2-1-5-13-11)14-6-8-3-4-9(7-14)15-8/h1-2,5,8-9H,3-4,6-7H2,(H2,12,13). The summed E-state index contributed by atoms with van der Waals surface area (Å²) in [6, 6.07) is 3.97. The van der Waals surface area contributed by atoms with Gasteiger partial charge in [-0.1, -0.05) is 0 Å². The van der Waals surface area contributed by atoms with Crippen LogP contribution in [0.2, 0.25) is 0 Å². The highest BCUT2D eigenvalue weighted by atomic mass is 16.5. The predicted molar refractivity (Wildman–Crippen MR) is 58.8 cm³/mol. The monoisotopic (exact) mass is 205 g/mol. The summed E-state index contributed by atoms with van der Waals surface area (Å²) in [5.41, 5.74) is 6.92. The van der Waals surface area contributed by atoms with E-state index in [1.807, 2.05) is 12.1 Å². The van der Waals surface area contributed by atoms with E-state index < -0.39 is 0 Å². The van der Waals surface area contributed by atoms with Crippen LogP contribution in [0.4, 0.5) is 11.5 Å². The van der Waals surface area contributed by atoms with Crippen molar-refractivity contribution in [2.24, 2.45) is 0 Å². The number of nitrogens with two attached hydrogens (primary N) is 1. The maximum Gasteiger partial charge on any atom is 0.146 e. The highest BCUT2D eigenvalue weighted by Crippen LogP contribution is 2.31. The van der Waals surface area contributed by atoms with Gasteiger partial charge in [0, 0.05) is 19.3 Å². The molecule has 0 radical (unpaired) electrons. The number of aromatic nitrogens is 1. The van der Waals surface area contributed by atoms with Crippen molar-refractivity contribution in [1.29, 1.82) is 0 Å². The SMILES string of the molecule is Nc1ncccc1N1CC2CCC(C1)O2. The molecule has 1 aromatic rings. The van der Waals surface area contributed by atoms with Crippen molar-refractivity contribution in [2.45, 2.75) is 25.0 Å². The molecule has 1 aromatic heterocycles. The summed E-state index contributed by atoms with van der Waals surface area (Å²) in [5.74, 6) is 0.624. The van der Waals surface area contributed by atoms with Gasteiger partial charge in [-0.2, -0.15) is 0 Å². The molecule has 2 aliphatic heterocycles. The van der Waals surface area contributed by atoms with Crippen LogP contribution in [0.15, 0.2) is 18.3 Å². The molecule has 2 bridgehead atoms. The molecule has 4 nitrogen and oxygen atoms in total. The fraction of sp³-hybridized carbons (Fsp3) is 0.545. The Morgan fingerprint density at radius 3 is 2.73 bits per heavy atom. The van der Waals surface area contributed by atoms with Crippen LogP contribution in [-0.4, -0.2) is 30.3 Å². The van der Waals surface area contributed by atoms with Gasteiger partial charge >= 0.3 is 0 Å². The minimum absolute atomic E-state index is 0.392. The number of morpholine rings is 1. The van der Waals surface area contributed by atoms with Crippen molar-refractivity contribution < 1.29 is 4.74 Å². The number of hydrogen-bond acceptors (Lipinski definition) is 4. The Morgan fingerprint density at radius 2 is 2.07 bits per heavy atom. The normalized spacial score (nSPS) is 29.5. The molecular weight excluding hydrogens is 190 g/mol. The number of pyridine rings is 1. The Bertz CT molecular complexity index is 357. The molecule has 3 heterocycles. The van der Waals surface area contributed by atoms with E-state index >= 15 is 0 Å². The van der Waals surface area contributed by atoms with Crippen molar-refractivity contribution >= 4 is 11.5 Å². The van der Waals surface area contributed by atoms with E-state index in [9.17, 15) is 0 Å². The van der Waals surface area contributed by atoms with Crippen LogP contribution in [0, 0.1) is 0 Å². The Labute approximate surface area is 89.0 Å². The van der Waals surface area contributed by atoms with Crippen LogP contribution in [0.25, 0.3) is 0 Å². The highest BCUT2D eigenvalue weighted by molar-refractivity contribution is 5.63. The lowest BCUT2D eigenvalue weighted by Gasteiger charge is -2.34. The van der Waals surface area contributed by atoms with E-state index in [1.54, 1.807) is 6.20 Å². The number of anilines is 2. The molecule has 4 heteroatoms. The van der Waals surface area contributed by atoms with Crippen LogP contribution >= 0.6 is 0 Å². The number of fused-ring (bicyclic) bond motifs is 2. The smallest absolute Gasteiger partial charge is 0.146 e. The van der Waals surface area contributed by atoms with Crippen LogP contribution in [-0.2, 0) is 4.74 Å². The third kappa shape index (κ3) is 1.55. The lowest BCUT2D eigenvalue weighted by Crippen LogP contribution is -2.43. The molecule has 2 unspecified atom stereocenters. The molecular formula is C11H15N3O. The Balaban J connectivity index is 1.86. The van der Waals surface area contributed by atoms with Gasteiger partial charge in [0.05, 0.1) is 17.9 Å². The Kier molecular flexibility index (Phi) is 2.02. The zero-order valence-electron chi connectivity index (χ0n) is 8.60. The molecule has 2 atom stereocenters. The minimum atomic E-state index is 0.392. The number of ether oxygens (including phenoxy) is 1. The van der Waals surface area contributed by atoms with Gasteiger partial charge in [-0.05, 0) is 25.0 Å². The molecule has 2 fully saturated rings. The second-order valence-corrected chi connectivity index (χ2v) is 4.27. The second kappa shape index (κ2) is 3.38. The zero-order chi connectivity index (χ0) is 10.3. The summed E-state index contributed by atoms with van der Waals surface area (Å²) in [6.07, 6.45) is 4.88. The molecule has 0 saturated carbocycles. The lowest BCUT2D eigenvalue weighted by atomic mass is 10.2. The summed E-state index contributed by atoms with van der Waals surface area (Å²) >= 11 is 0. The molecule has 0 amide bonds. The number of rotatable bonds is 1. The van der Waals surface area contributed by atoms with Gasteiger partial charge in [-0.15, -0.1) is 0 Å². The van der Waals surface area contributed by atoms with Crippen molar-refractivity contribution in [1.82, 2.24) is 4.98 Å². The molecule has 0 aromatic carbocycles. The van der Waals surface area contributed by atoms with Gasteiger partial charge in [0.15, 0.2) is 0 Å². The first-order valence-corrected chi connectivity index (χ1v) is 5.44. The largest absolute Gasteiger partial charge is 0.382 e. The van der Waals surface area contributed by atoms with E-state index in [2.05, 4.69) is 9.88 Å². The first-order chi connectivity index (χ1) is 7.33. The van der Waals surface area contributed by atoms with Crippen molar-refractivity contribution in [2.75, 3.05) is 23.7 Å². The summed E-state index contributed by atoms with van der Waals surface area (Å²) in [7, 11) is 0. The van der Waals surface area contributed by atoms with Gasteiger partial charge in [0.25, 0.3) is 0 Å². The fourth-order valence-corrected chi connectivity index (χ4v) is 2.49. The Hall–Kier alpha value is -1.29. The van der Waals surface area contributed by atoms with Gasteiger partial charge in [0.1, 0.15) is 5.82 Å². The Morgan fingerprint density at radius 1 is 1.33 bits per heavy atom. The van der Waals surface area contributed by atoms with Gasteiger partial charge in [-0.25, -0.2) is 4.98 Å². The van der Waals surface area contributed by atoms with Crippen molar-refractivity contribution in [3.8, 4) is 0 Å². The first-order valence-electron chi connectivity index (χ1n) is 5.44. The van der Waals surface area contributed by atoms with Gasteiger partial charge < -0.3 is 15.4 Å². The summed E-state index contributed by atoms with van der Waals surface area (Å²) in [5, 5.41) is 0. The van der Waals surface area contributed by atoms with E-state index in [1.165, 1.54) is 12.8 Å². The maximum absolute atomic E-state index is 5.87. The molecule has 3 rings (SSSR count). The van der Waals surface area contributed by atoms with Crippen LogP contribution in [0.5, 0.6) is 0 Å². The summed E-state index contributed by atoms with van der Waals surface area (Å²) < 4.78 is 5.79. The second-order valence-electron chi connectivity index (χ2n) is 4.27. The van der Waals surface area contributed by atoms with Crippen LogP contribution in [0.1, 0.15) is 12.8 Å². The lowest BCUT2D eigenvalue weighted by molar-refractivity contribution is 0.0305. The van der Waals surface area contributed by atoms with E-state index in [0.717, 1.165) is 18.8 Å². The number of hydrogen-bond donors (Lipinski definition) is 1. The number of nitrogen functional groups attached to an aromatic ring is 1. The zero-order valence-corrected chi connectivity index (χ0v) is 8.60. The molecule has 0 aliphatic carbocycles. The molecule has 80 valence electrons. The number of nitrogens with zero attached hydrogens (tertiary/aromatic N) is 2. The molecule has 2 saturated heterocycles. The van der Waals surface area contributed by atoms with Crippen LogP contribution in [0.3, 0.4) is 0 Å². The molecule has 2 aliphatic rings. The molecule has 2 N–H and O–H groups in total. The summed E-state index contributed by atoms with van der Waals surface area (Å²) in [6.45, 7) is 1.90. The van der Waals surface area contributed by atoms with Gasteiger partial charge in [-0.3, -0.25) is 0 Å². The minimum Gasteiger partial charge on any atom is -0.382 e. The summed E-state index contributed by atoms with van der Waals surface area (Å²) in [4.78, 5) is 6.42. The topological polar surface area (TPSA) is 51.4 Å². The average molecular weight is 205 g/mol. The van der Waals surface area contributed by atoms with E-state index in [-0.39, 0.29) is 0 Å². The quantitative estimate of drug-likeness (QED) is 0.744. The average Bonchev–Trinajstić information content (AvgIpc) is 2.58. The van der Waals surface area contributed by atoms with Gasteiger partial charge in [0.2, 0.25) is 0 Å². The highest BCUT2D eigenvalue weighted by Gasteiger charge is 2.34. The van der Waals surface area contributed by atoms with Crippen LogP contribution < -0.4 is 10.6 Å². The van der Waals surface area contributed by atoms with E-state index in [4.69, 9.17) is 10.5 Å². The van der Waals surface area contributed by atoms with Crippen molar-refractivity contribution in [3.63, 3.8) is 0 Å². The fourth-order valence-electron chi connectivity index (χ4n) is 2.49. The third-order valence-electron chi connectivity index (χ3n) is 3.20. The molecule has 0 spiro atoms.